The monoisotopic (exact) mass is 407 g/mol. The SMILES string of the molecule is C/C=C/c1ccc2n(c1=O)C[C@H]1[C@H](CO)[C@@H](C(=O)NCc3ccccc3)[C@@H]2N1CC. The lowest BCUT2D eigenvalue weighted by Crippen LogP contribution is -2.46. The molecule has 1 saturated heterocycles. The summed E-state index contributed by atoms with van der Waals surface area (Å²) in [6.07, 6.45) is 3.67. The number of nitrogens with one attached hydrogen (secondary N) is 1. The number of rotatable bonds is 6. The number of nitrogens with zero attached hydrogens (tertiary/aromatic N) is 2. The van der Waals surface area contributed by atoms with Gasteiger partial charge in [0.1, 0.15) is 0 Å². The van der Waals surface area contributed by atoms with Gasteiger partial charge < -0.3 is 15.0 Å². The zero-order valence-corrected chi connectivity index (χ0v) is 17.5. The summed E-state index contributed by atoms with van der Waals surface area (Å²) in [6, 6.07) is 13.4. The smallest absolute Gasteiger partial charge is 0.258 e. The number of allylic oxidation sites excluding steroid dienone is 1. The van der Waals surface area contributed by atoms with E-state index in [1.54, 1.807) is 0 Å². The number of hydrogen-bond donors (Lipinski definition) is 2. The second-order valence-electron chi connectivity index (χ2n) is 8.05. The highest BCUT2D eigenvalue weighted by atomic mass is 16.3. The number of aromatic nitrogens is 1. The van der Waals surface area contributed by atoms with Crippen LogP contribution in [0.4, 0.5) is 0 Å². The first kappa shape index (κ1) is 20.6. The molecule has 2 aliphatic rings. The Labute approximate surface area is 176 Å². The number of amides is 1. The van der Waals surface area contributed by atoms with E-state index in [-0.39, 0.29) is 36.1 Å². The molecule has 30 heavy (non-hydrogen) atoms. The van der Waals surface area contributed by atoms with Crippen molar-refractivity contribution in [3.63, 3.8) is 0 Å². The average molecular weight is 408 g/mol. The normalized spacial score (nSPS) is 25.4. The summed E-state index contributed by atoms with van der Waals surface area (Å²) in [5, 5.41) is 13.3. The quantitative estimate of drug-likeness (QED) is 0.770. The molecular formula is C24H29N3O3. The fraction of sp³-hybridized carbons (Fsp3) is 0.417. The van der Waals surface area contributed by atoms with Crippen LogP contribution in [0.5, 0.6) is 0 Å². The summed E-state index contributed by atoms with van der Waals surface area (Å²) in [5.74, 6) is -0.679. The van der Waals surface area contributed by atoms with E-state index >= 15 is 0 Å². The highest BCUT2D eigenvalue weighted by molar-refractivity contribution is 5.80. The van der Waals surface area contributed by atoms with Gasteiger partial charge in [0.2, 0.25) is 5.91 Å². The fourth-order valence-corrected chi connectivity index (χ4v) is 5.18. The molecule has 3 heterocycles. The molecule has 0 radical (unpaired) electrons. The Kier molecular flexibility index (Phi) is 5.88. The van der Waals surface area contributed by atoms with Gasteiger partial charge in [0, 0.05) is 42.9 Å². The molecule has 0 saturated carbocycles. The predicted molar refractivity (Wildman–Crippen MR) is 117 cm³/mol. The third kappa shape index (κ3) is 3.40. The van der Waals surface area contributed by atoms with Gasteiger partial charge in [-0.1, -0.05) is 49.4 Å². The van der Waals surface area contributed by atoms with Crippen molar-refractivity contribution in [3.8, 4) is 0 Å². The van der Waals surface area contributed by atoms with Crippen molar-refractivity contribution in [3.05, 3.63) is 75.7 Å². The highest BCUT2D eigenvalue weighted by Gasteiger charge is 2.55. The van der Waals surface area contributed by atoms with Gasteiger partial charge in [-0.05, 0) is 31.2 Å². The van der Waals surface area contributed by atoms with E-state index in [9.17, 15) is 14.7 Å². The third-order valence-electron chi connectivity index (χ3n) is 6.52. The zero-order chi connectivity index (χ0) is 21.3. The molecule has 1 amide bonds. The lowest BCUT2D eigenvalue weighted by atomic mass is 9.86. The summed E-state index contributed by atoms with van der Waals surface area (Å²) < 4.78 is 1.81. The van der Waals surface area contributed by atoms with Crippen molar-refractivity contribution in [2.24, 2.45) is 11.8 Å². The lowest BCUT2D eigenvalue weighted by molar-refractivity contribution is -0.127. The Morgan fingerprint density at radius 2 is 2.00 bits per heavy atom. The van der Waals surface area contributed by atoms with Crippen LogP contribution in [-0.2, 0) is 17.9 Å². The first-order valence-corrected chi connectivity index (χ1v) is 10.6. The van der Waals surface area contributed by atoms with Gasteiger partial charge in [0.25, 0.3) is 5.56 Å². The van der Waals surface area contributed by atoms with Gasteiger partial charge in [-0.2, -0.15) is 0 Å². The third-order valence-corrected chi connectivity index (χ3v) is 6.52. The minimum Gasteiger partial charge on any atom is -0.396 e. The molecule has 1 fully saturated rings. The second kappa shape index (κ2) is 8.58. The molecule has 1 aromatic carbocycles. The maximum Gasteiger partial charge on any atom is 0.258 e. The summed E-state index contributed by atoms with van der Waals surface area (Å²) in [7, 11) is 0. The average Bonchev–Trinajstić information content (AvgIpc) is 3.00. The molecular weight excluding hydrogens is 378 g/mol. The maximum absolute atomic E-state index is 13.3. The van der Waals surface area contributed by atoms with E-state index in [4.69, 9.17) is 0 Å². The summed E-state index contributed by atoms with van der Waals surface area (Å²) >= 11 is 0. The number of benzene rings is 1. The molecule has 2 aromatic rings. The molecule has 0 spiro atoms. The largest absolute Gasteiger partial charge is 0.396 e. The Balaban J connectivity index is 1.69. The van der Waals surface area contributed by atoms with E-state index in [1.807, 2.05) is 66.1 Å². The molecule has 158 valence electrons. The van der Waals surface area contributed by atoms with Crippen LogP contribution in [-0.4, -0.2) is 39.7 Å². The number of pyridine rings is 1. The van der Waals surface area contributed by atoms with Crippen molar-refractivity contribution in [2.45, 2.75) is 39.0 Å². The predicted octanol–water partition coefficient (Wildman–Crippen LogP) is 2.18. The van der Waals surface area contributed by atoms with Crippen LogP contribution in [0.1, 0.15) is 36.7 Å². The molecule has 2 bridgehead atoms. The van der Waals surface area contributed by atoms with Crippen LogP contribution in [0.3, 0.4) is 0 Å². The van der Waals surface area contributed by atoms with Crippen LogP contribution >= 0.6 is 0 Å². The van der Waals surface area contributed by atoms with Crippen molar-refractivity contribution >= 4 is 12.0 Å². The standard InChI is InChI=1S/C24H29N3O3/c1-3-8-17-11-12-19-22-21(23(29)25-13-16-9-6-5-7-10-16)18(15-28)20(26(22)4-2)14-27(19)24(17)30/h3,5-12,18,20-22,28H,4,13-15H2,1-2H3,(H,25,29)/b8-3+/t18-,20-,21+,22+/m0/s1. The van der Waals surface area contributed by atoms with Crippen molar-refractivity contribution in [1.29, 1.82) is 0 Å². The van der Waals surface area contributed by atoms with Crippen LogP contribution in [0.2, 0.25) is 0 Å². The summed E-state index contributed by atoms with van der Waals surface area (Å²) in [6.45, 7) is 5.59. The van der Waals surface area contributed by atoms with Crippen LogP contribution < -0.4 is 10.9 Å². The first-order chi connectivity index (χ1) is 14.6. The number of hydrogen-bond acceptors (Lipinski definition) is 4. The number of carbonyl (C=O) groups is 1. The number of carbonyl (C=O) groups excluding carboxylic acids is 1. The number of likely N-dealkylation sites (N-methyl/N-ethyl adjacent to an activating group) is 1. The second-order valence-corrected chi connectivity index (χ2v) is 8.05. The maximum atomic E-state index is 13.3. The zero-order valence-electron chi connectivity index (χ0n) is 17.5. The minimum absolute atomic E-state index is 0.0293. The molecule has 6 heteroatoms. The Bertz CT molecular complexity index is 999. The fourth-order valence-electron chi connectivity index (χ4n) is 5.18. The van der Waals surface area contributed by atoms with Crippen LogP contribution in [0, 0.1) is 11.8 Å². The number of aliphatic hydroxyl groups is 1. The van der Waals surface area contributed by atoms with E-state index in [0.29, 0.717) is 18.7 Å². The Hall–Kier alpha value is -2.70. The Morgan fingerprint density at radius 1 is 1.23 bits per heavy atom. The van der Waals surface area contributed by atoms with Gasteiger partial charge in [-0.15, -0.1) is 0 Å². The number of fused-ring (bicyclic) bond motifs is 4. The van der Waals surface area contributed by atoms with Gasteiger partial charge >= 0.3 is 0 Å². The number of aliphatic hydroxyl groups excluding tert-OH is 1. The summed E-state index contributed by atoms with van der Waals surface area (Å²) in [4.78, 5) is 28.6. The molecule has 2 N–H and O–H groups in total. The minimum atomic E-state index is -0.399. The van der Waals surface area contributed by atoms with Gasteiger partial charge in [0.15, 0.2) is 0 Å². The Morgan fingerprint density at radius 3 is 2.67 bits per heavy atom. The summed E-state index contributed by atoms with van der Waals surface area (Å²) in [5.41, 5.74) is 2.52. The molecule has 6 nitrogen and oxygen atoms in total. The molecule has 0 aliphatic carbocycles. The lowest BCUT2D eigenvalue weighted by Gasteiger charge is -2.37. The van der Waals surface area contributed by atoms with Gasteiger partial charge in [-0.3, -0.25) is 14.5 Å². The van der Waals surface area contributed by atoms with E-state index < -0.39 is 5.92 Å². The van der Waals surface area contributed by atoms with E-state index in [1.165, 1.54) is 0 Å². The van der Waals surface area contributed by atoms with Crippen molar-refractivity contribution in [2.75, 3.05) is 13.2 Å². The van der Waals surface area contributed by atoms with Gasteiger partial charge in [-0.25, -0.2) is 0 Å². The molecule has 4 atom stereocenters. The van der Waals surface area contributed by atoms with Crippen molar-refractivity contribution in [1.82, 2.24) is 14.8 Å². The van der Waals surface area contributed by atoms with Crippen LogP contribution in [0.25, 0.3) is 6.08 Å². The molecule has 1 aromatic heterocycles. The molecule has 0 unspecified atom stereocenters. The van der Waals surface area contributed by atoms with E-state index in [2.05, 4.69) is 17.1 Å². The van der Waals surface area contributed by atoms with Gasteiger partial charge in [0.05, 0.1) is 12.0 Å². The highest BCUT2D eigenvalue weighted by Crippen LogP contribution is 2.48. The molecule has 4 rings (SSSR count). The molecule has 2 aliphatic heterocycles. The van der Waals surface area contributed by atoms with Crippen molar-refractivity contribution < 1.29 is 9.90 Å². The van der Waals surface area contributed by atoms with E-state index in [0.717, 1.165) is 17.8 Å². The van der Waals surface area contributed by atoms with Crippen LogP contribution in [0.15, 0.2) is 53.3 Å². The first-order valence-electron chi connectivity index (χ1n) is 10.6. The topological polar surface area (TPSA) is 74.6 Å².